The van der Waals surface area contributed by atoms with Crippen LogP contribution in [0.1, 0.15) is 12.5 Å². The summed E-state index contributed by atoms with van der Waals surface area (Å²) in [6, 6.07) is 14.5. The second kappa shape index (κ2) is 7.96. The fourth-order valence-electron chi connectivity index (χ4n) is 1.92. The highest BCUT2D eigenvalue weighted by Crippen LogP contribution is 2.23. The first-order chi connectivity index (χ1) is 10.6. The van der Waals surface area contributed by atoms with Crippen molar-refractivity contribution in [3.8, 4) is 11.5 Å². The molecule has 0 bridgehead atoms. The van der Waals surface area contributed by atoms with Gasteiger partial charge in [-0.05, 0) is 55.3 Å². The molecule has 1 atom stereocenters. The van der Waals surface area contributed by atoms with E-state index in [0.29, 0.717) is 13.0 Å². The molecule has 2 aromatic carbocycles. The van der Waals surface area contributed by atoms with E-state index in [1.165, 1.54) is 0 Å². The van der Waals surface area contributed by atoms with E-state index in [2.05, 4.69) is 15.9 Å². The van der Waals surface area contributed by atoms with E-state index < -0.39 is 6.04 Å². The van der Waals surface area contributed by atoms with Crippen LogP contribution in [-0.4, -0.2) is 18.6 Å². The van der Waals surface area contributed by atoms with Crippen molar-refractivity contribution in [1.29, 1.82) is 0 Å². The highest BCUT2D eigenvalue weighted by Gasteiger charge is 2.14. The number of hydrogen-bond donors (Lipinski definition) is 1. The highest BCUT2D eigenvalue weighted by atomic mass is 79.9. The Morgan fingerprint density at radius 2 is 1.64 bits per heavy atom. The van der Waals surface area contributed by atoms with Gasteiger partial charge in [0.1, 0.15) is 17.5 Å². The molecular weight excluding hydrogens is 346 g/mol. The molecule has 22 heavy (non-hydrogen) atoms. The quantitative estimate of drug-likeness (QED) is 0.795. The molecule has 0 heterocycles. The van der Waals surface area contributed by atoms with Gasteiger partial charge in [-0.25, -0.2) is 0 Å². The van der Waals surface area contributed by atoms with Crippen LogP contribution in [-0.2, 0) is 16.0 Å². The van der Waals surface area contributed by atoms with Crippen LogP contribution in [0.15, 0.2) is 53.0 Å². The SMILES string of the molecule is CCOC(=O)C(N)Cc1ccc(Oc2ccc(Br)cc2)cc1. The molecule has 4 nitrogen and oxygen atoms in total. The number of carbonyl (C=O) groups is 1. The Labute approximate surface area is 138 Å². The lowest BCUT2D eigenvalue weighted by molar-refractivity contribution is -0.144. The van der Waals surface area contributed by atoms with Crippen LogP contribution in [0.2, 0.25) is 0 Å². The Morgan fingerprint density at radius 1 is 1.09 bits per heavy atom. The summed E-state index contributed by atoms with van der Waals surface area (Å²) in [7, 11) is 0. The average molecular weight is 364 g/mol. The van der Waals surface area contributed by atoms with Crippen LogP contribution in [0.3, 0.4) is 0 Å². The summed E-state index contributed by atoms with van der Waals surface area (Å²) < 4.78 is 11.6. The van der Waals surface area contributed by atoms with E-state index >= 15 is 0 Å². The van der Waals surface area contributed by atoms with Crippen molar-refractivity contribution in [1.82, 2.24) is 0 Å². The molecule has 0 aromatic heterocycles. The van der Waals surface area contributed by atoms with Crippen LogP contribution in [0.25, 0.3) is 0 Å². The summed E-state index contributed by atoms with van der Waals surface area (Å²) in [6.45, 7) is 2.10. The van der Waals surface area contributed by atoms with Crippen molar-refractivity contribution in [2.75, 3.05) is 6.61 Å². The smallest absolute Gasteiger partial charge is 0.323 e. The standard InChI is InChI=1S/C17H18BrNO3/c1-2-21-17(20)16(19)11-12-3-7-14(8-4-12)22-15-9-5-13(18)6-10-15/h3-10,16H,2,11,19H2,1H3. The average Bonchev–Trinajstić information content (AvgIpc) is 2.51. The first kappa shape index (κ1) is 16.5. The van der Waals surface area contributed by atoms with Gasteiger partial charge in [-0.1, -0.05) is 28.1 Å². The lowest BCUT2D eigenvalue weighted by Gasteiger charge is -2.11. The summed E-state index contributed by atoms with van der Waals surface area (Å²) in [5.74, 6) is 1.12. The van der Waals surface area contributed by atoms with Crippen molar-refractivity contribution in [3.63, 3.8) is 0 Å². The van der Waals surface area contributed by atoms with Gasteiger partial charge in [0, 0.05) is 4.47 Å². The normalized spacial score (nSPS) is 11.8. The van der Waals surface area contributed by atoms with E-state index in [0.717, 1.165) is 21.5 Å². The van der Waals surface area contributed by atoms with Crippen LogP contribution in [0, 0.1) is 0 Å². The number of esters is 1. The van der Waals surface area contributed by atoms with Crippen molar-refractivity contribution in [3.05, 3.63) is 58.6 Å². The number of benzene rings is 2. The van der Waals surface area contributed by atoms with E-state index in [1.807, 2.05) is 48.5 Å². The van der Waals surface area contributed by atoms with Crippen molar-refractivity contribution >= 4 is 21.9 Å². The molecule has 2 rings (SSSR count). The predicted molar refractivity (Wildman–Crippen MR) is 89.0 cm³/mol. The van der Waals surface area contributed by atoms with Crippen molar-refractivity contribution < 1.29 is 14.3 Å². The van der Waals surface area contributed by atoms with Gasteiger partial charge in [-0.3, -0.25) is 4.79 Å². The van der Waals surface area contributed by atoms with Crippen LogP contribution < -0.4 is 10.5 Å². The minimum atomic E-state index is -0.641. The van der Waals surface area contributed by atoms with E-state index in [4.69, 9.17) is 15.2 Å². The largest absolute Gasteiger partial charge is 0.465 e. The van der Waals surface area contributed by atoms with Gasteiger partial charge in [0.05, 0.1) is 6.61 Å². The Morgan fingerprint density at radius 3 is 2.18 bits per heavy atom. The zero-order valence-electron chi connectivity index (χ0n) is 12.3. The Balaban J connectivity index is 1.95. The zero-order chi connectivity index (χ0) is 15.9. The van der Waals surface area contributed by atoms with Crippen molar-refractivity contribution in [2.24, 2.45) is 5.73 Å². The van der Waals surface area contributed by atoms with Gasteiger partial charge in [-0.2, -0.15) is 0 Å². The predicted octanol–water partition coefficient (Wildman–Crippen LogP) is 3.67. The van der Waals surface area contributed by atoms with Gasteiger partial charge in [0.15, 0.2) is 0 Å². The lowest BCUT2D eigenvalue weighted by atomic mass is 10.1. The monoisotopic (exact) mass is 363 g/mol. The third kappa shape index (κ3) is 4.86. The molecule has 0 aliphatic heterocycles. The number of halogens is 1. The summed E-state index contributed by atoms with van der Waals surface area (Å²) in [5, 5.41) is 0. The molecule has 0 aliphatic rings. The van der Waals surface area contributed by atoms with Crippen LogP contribution in [0.5, 0.6) is 11.5 Å². The second-order valence-electron chi connectivity index (χ2n) is 4.76. The van der Waals surface area contributed by atoms with Gasteiger partial charge in [0.25, 0.3) is 0 Å². The topological polar surface area (TPSA) is 61.5 Å². The molecule has 0 amide bonds. The maximum atomic E-state index is 11.5. The molecule has 0 aliphatic carbocycles. The van der Waals surface area contributed by atoms with Gasteiger partial charge in [0.2, 0.25) is 0 Å². The van der Waals surface area contributed by atoms with E-state index in [-0.39, 0.29) is 5.97 Å². The summed E-state index contributed by atoms with van der Waals surface area (Å²) in [6.07, 6.45) is 0.442. The number of hydrogen-bond acceptors (Lipinski definition) is 4. The molecule has 5 heteroatoms. The minimum absolute atomic E-state index is 0.340. The molecule has 2 aromatic rings. The first-order valence-electron chi connectivity index (χ1n) is 7.03. The maximum Gasteiger partial charge on any atom is 0.323 e. The van der Waals surface area contributed by atoms with E-state index in [1.54, 1.807) is 6.92 Å². The van der Waals surface area contributed by atoms with Crippen LogP contribution in [0.4, 0.5) is 0 Å². The number of ether oxygens (including phenoxy) is 2. The minimum Gasteiger partial charge on any atom is -0.465 e. The molecule has 116 valence electrons. The fourth-order valence-corrected chi connectivity index (χ4v) is 2.18. The van der Waals surface area contributed by atoms with Crippen LogP contribution >= 0.6 is 15.9 Å². The summed E-state index contributed by atoms with van der Waals surface area (Å²) in [4.78, 5) is 11.5. The maximum absolute atomic E-state index is 11.5. The lowest BCUT2D eigenvalue weighted by Crippen LogP contribution is -2.34. The first-order valence-corrected chi connectivity index (χ1v) is 7.82. The number of nitrogens with two attached hydrogens (primary N) is 1. The molecule has 1 unspecified atom stereocenters. The third-order valence-corrected chi connectivity index (χ3v) is 3.55. The molecule has 0 spiro atoms. The van der Waals surface area contributed by atoms with E-state index in [9.17, 15) is 4.79 Å². The number of carbonyl (C=O) groups excluding carboxylic acids is 1. The summed E-state index contributed by atoms with van der Waals surface area (Å²) >= 11 is 3.38. The fraction of sp³-hybridized carbons (Fsp3) is 0.235. The molecule has 0 radical (unpaired) electrons. The molecule has 0 fully saturated rings. The van der Waals surface area contributed by atoms with Crippen molar-refractivity contribution in [2.45, 2.75) is 19.4 Å². The number of rotatable bonds is 6. The molecule has 2 N–H and O–H groups in total. The Bertz CT molecular complexity index is 611. The molecular formula is C17H18BrNO3. The second-order valence-corrected chi connectivity index (χ2v) is 5.68. The Kier molecular flexibility index (Phi) is 5.98. The Hall–Kier alpha value is -1.85. The molecule has 0 saturated carbocycles. The molecule has 0 saturated heterocycles. The third-order valence-electron chi connectivity index (χ3n) is 3.02. The highest BCUT2D eigenvalue weighted by molar-refractivity contribution is 9.10. The van der Waals surface area contributed by atoms with Gasteiger partial charge < -0.3 is 15.2 Å². The summed E-state index contributed by atoms with van der Waals surface area (Å²) in [5.41, 5.74) is 6.76. The zero-order valence-corrected chi connectivity index (χ0v) is 13.9. The van der Waals surface area contributed by atoms with Gasteiger partial charge >= 0.3 is 5.97 Å². The van der Waals surface area contributed by atoms with Gasteiger partial charge in [-0.15, -0.1) is 0 Å².